The topological polar surface area (TPSA) is 39.2 Å². The Labute approximate surface area is 95.8 Å². The summed E-state index contributed by atoms with van der Waals surface area (Å²) in [7, 11) is 0. The summed E-state index contributed by atoms with van der Waals surface area (Å²) < 4.78 is 5.73. The molecule has 86 valence electrons. The largest absolute Gasteiger partial charge is 0.367 e. The Bertz CT molecular complexity index is 355. The zero-order chi connectivity index (χ0) is 11.4. The molecule has 0 bridgehead atoms. The van der Waals surface area contributed by atoms with Crippen LogP contribution in [-0.4, -0.2) is 23.0 Å². The summed E-state index contributed by atoms with van der Waals surface area (Å²) in [6.07, 6.45) is 7.14. The van der Waals surface area contributed by atoms with E-state index in [9.17, 15) is 4.79 Å². The molecule has 3 nitrogen and oxygen atoms in total. The van der Waals surface area contributed by atoms with Gasteiger partial charge in [0.15, 0.2) is 5.78 Å². The van der Waals surface area contributed by atoms with Crippen molar-refractivity contribution in [2.75, 3.05) is 6.61 Å². The molecule has 1 aromatic rings. The van der Waals surface area contributed by atoms with Gasteiger partial charge in [-0.05, 0) is 44.7 Å². The van der Waals surface area contributed by atoms with Gasteiger partial charge in [-0.15, -0.1) is 0 Å². The van der Waals surface area contributed by atoms with Gasteiger partial charge in [0.25, 0.3) is 0 Å². The van der Waals surface area contributed by atoms with E-state index in [1.54, 1.807) is 18.5 Å². The monoisotopic (exact) mass is 219 g/mol. The molecule has 2 rings (SSSR count). The lowest BCUT2D eigenvalue weighted by molar-refractivity contribution is -0.0164. The lowest BCUT2D eigenvalue weighted by Gasteiger charge is -2.27. The summed E-state index contributed by atoms with van der Waals surface area (Å²) in [4.78, 5) is 16.4. The molecule has 1 aliphatic rings. The summed E-state index contributed by atoms with van der Waals surface area (Å²) in [6.45, 7) is 2.53. The average Bonchev–Trinajstić information content (AvgIpc) is 2.80. The van der Waals surface area contributed by atoms with Gasteiger partial charge < -0.3 is 4.74 Å². The first-order valence-corrected chi connectivity index (χ1v) is 5.87. The van der Waals surface area contributed by atoms with E-state index in [0.29, 0.717) is 12.2 Å². The quantitative estimate of drug-likeness (QED) is 0.731. The van der Waals surface area contributed by atoms with Crippen LogP contribution < -0.4 is 0 Å². The van der Waals surface area contributed by atoms with E-state index >= 15 is 0 Å². The Morgan fingerprint density at radius 3 is 2.81 bits per heavy atom. The predicted molar refractivity (Wildman–Crippen MR) is 61.4 cm³/mol. The summed E-state index contributed by atoms with van der Waals surface area (Å²) in [5.41, 5.74) is 0.0930. The molecule has 0 N–H and O–H groups in total. The molecule has 1 fully saturated rings. The molecule has 0 spiro atoms. The molecule has 0 atom stereocenters. The van der Waals surface area contributed by atoms with Gasteiger partial charge >= 0.3 is 0 Å². The highest BCUT2D eigenvalue weighted by Gasteiger charge is 2.42. The molecule has 1 heterocycles. The maximum atomic E-state index is 12.4. The van der Waals surface area contributed by atoms with Crippen LogP contribution >= 0.6 is 0 Å². The van der Waals surface area contributed by atoms with Crippen molar-refractivity contribution >= 4 is 5.78 Å². The van der Waals surface area contributed by atoms with Gasteiger partial charge in [-0.2, -0.15) is 0 Å². The van der Waals surface area contributed by atoms with Gasteiger partial charge in [0.2, 0.25) is 0 Å². The van der Waals surface area contributed by atoms with Gasteiger partial charge in [0.1, 0.15) is 5.60 Å². The molecule has 1 aliphatic carbocycles. The molecule has 1 saturated carbocycles. The summed E-state index contributed by atoms with van der Waals surface area (Å²) in [5, 5.41) is 0. The van der Waals surface area contributed by atoms with E-state index in [1.807, 2.05) is 13.0 Å². The van der Waals surface area contributed by atoms with Crippen molar-refractivity contribution in [3.05, 3.63) is 30.1 Å². The number of ether oxygens (including phenoxy) is 1. The molecule has 0 unspecified atom stereocenters. The molecule has 0 radical (unpaired) electrons. The third-order valence-corrected chi connectivity index (χ3v) is 3.17. The zero-order valence-corrected chi connectivity index (χ0v) is 9.61. The van der Waals surface area contributed by atoms with Crippen LogP contribution in [0.1, 0.15) is 43.0 Å². The van der Waals surface area contributed by atoms with Crippen LogP contribution in [-0.2, 0) is 4.74 Å². The first kappa shape index (κ1) is 11.3. The number of carbonyl (C=O) groups is 1. The Kier molecular flexibility index (Phi) is 3.34. The van der Waals surface area contributed by atoms with Crippen LogP contribution in [0.25, 0.3) is 0 Å². The smallest absolute Gasteiger partial charge is 0.196 e. The predicted octanol–water partition coefficient (Wildman–Crippen LogP) is 2.61. The van der Waals surface area contributed by atoms with Crippen molar-refractivity contribution in [3.8, 4) is 0 Å². The molecule has 0 aliphatic heterocycles. The van der Waals surface area contributed by atoms with Crippen LogP contribution in [0.3, 0.4) is 0 Å². The third kappa shape index (κ3) is 2.00. The van der Waals surface area contributed by atoms with Crippen LogP contribution in [0.4, 0.5) is 0 Å². The van der Waals surface area contributed by atoms with Gasteiger partial charge in [-0.25, -0.2) is 0 Å². The van der Waals surface area contributed by atoms with Crippen LogP contribution in [0, 0.1) is 0 Å². The highest BCUT2D eigenvalue weighted by atomic mass is 16.5. The van der Waals surface area contributed by atoms with E-state index in [1.165, 1.54) is 0 Å². The summed E-state index contributed by atoms with van der Waals surface area (Å²) in [6, 6.07) is 3.61. The normalized spacial score (nSPS) is 18.6. The van der Waals surface area contributed by atoms with Crippen molar-refractivity contribution in [1.82, 2.24) is 4.98 Å². The molecule has 1 aromatic heterocycles. The second-order valence-corrected chi connectivity index (χ2v) is 4.21. The fraction of sp³-hybridized carbons (Fsp3) is 0.538. The number of ketones is 1. The van der Waals surface area contributed by atoms with Crippen LogP contribution in [0.2, 0.25) is 0 Å². The van der Waals surface area contributed by atoms with E-state index in [4.69, 9.17) is 4.74 Å². The zero-order valence-electron chi connectivity index (χ0n) is 9.61. The van der Waals surface area contributed by atoms with Gasteiger partial charge in [0, 0.05) is 24.6 Å². The standard InChI is InChI=1S/C13H17NO2/c1-2-16-13(7-3-4-8-13)12(15)11-6-5-9-14-10-11/h5-6,9-10H,2-4,7-8H2,1H3. The highest BCUT2D eigenvalue weighted by molar-refractivity contribution is 6.02. The highest BCUT2D eigenvalue weighted by Crippen LogP contribution is 2.35. The molecule has 3 heteroatoms. The average molecular weight is 219 g/mol. The van der Waals surface area contributed by atoms with Crippen molar-refractivity contribution in [2.24, 2.45) is 0 Å². The fourth-order valence-corrected chi connectivity index (χ4v) is 2.42. The first-order valence-electron chi connectivity index (χ1n) is 5.87. The molecule has 0 saturated heterocycles. The molecule has 0 amide bonds. The second kappa shape index (κ2) is 4.74. The second-order valence-electron chi connectivity index (χ2n) is 4.21. The minimum Gasteiger partial charge on any atom is -0.367 e. The van der Waals surface area contributed by atoms with Crippen LogP contribution in [0.15, 0.2) is 24.5 Å². The Hall–Kier alpha value is -1.22. The minimum atomic E-state index is -0.572. The Morgan fingerprint density at radius 2 is 2.25 bits per heavy atom. The van der Waals surface area contributed by atoms with Crippen molar-refractivity contribution in [2.45, 2.75) is 38.2 Å². The molecule has 16 heavy (non-hydrogen) atoms. The molecule has 0 aromatic carbocycles. The molecular weight excluding hydrogens is 202 g/mol. The number of pyridine rings is 1. The number of hydrogen-bond acceptors (Lipinski definition) is 3. The fourth-order valence-electron chi connectivity index (χ4n) is 2.42. The van der Waals surface area contributed by atoms with Crippen molar-refractivity contribution in [3.63, 3.8) is 0 Å². The number of aromatic nitrogens is 1. The number of Topliss-reactive ketones (excluding diaryl/α,β-unsaturated/α-hetero) is 1. The number of nitrogens with zero attached hydrogens (tertiary/aromatic N) is 1. The molecular formula is C13H17NO2. The summed E-state index contributed by atoms with van der Waals surface area (Å²) >= 11 is 0. The van der Waals surface area contributed by atoms with Crippen molar-refractivity contribution in [1.29, 1.82) is 0 Å². The van der Waals surface area contributed by atoms with Gasteiger partial charge in [-0.3, -0.25) is 9.78 Å². The first-order chi connectivity index (χ1) is 7.78. The van der Waals surface area contributed by atoms with Gasteiger partial charge in [-0.1, -0.05) is 0 Å². The van der Waals surface area contributed by atoms with E-state index in [-0.39, 0.29) is 5.78 Å². The number of carbonyl (C=O) groups excluding carboxylic acids is 1. The maximum absolute atomic E-state index is 12.4. The SMILES string of the molecule is CCOC1(C(=O)c2cccnc2)CCCC1. The maximum Gasteiger partial charge on any atom is 0.196 e. The lowest BCUT2D eigenvalue weighted by Crippen LogP contribution is -2.39. The van der Waals surface area contributed by atoms with Crippen LogP contribution in [0.5, 0.6) is 0 Å². The van der Waals surface area contributed by atoms with Gasteiger partial charge in [0.05, 0.1) is 0 Å². The Balaban J connectivity index is 2.24. The van der Waals surface area contributed by atoms with Crippen molar-refractivity contribution < 1.29 is 9.53 Å². The summed E-state index contributed by atoms with van der Waals surface area (Å²) in [5.74, 6) is 0.0972. The van der Waals surface area contributed by atoms with E-state index in [0.717, 1.165) is 25.7 Å². The minimum absolute atomic E-state index is 0.0972. The lowest BCUT2D eigenvalue weighted by atomic mass is 9.92. The van der Waals surface area contributed by atoms with E-state index < -0.39 is 5.60 Å². The number of rotatable bonds is 4. The number of hydrogen-bond donors (Lipinski definition) is 0. The van der Waals surface area contributed by atoms with E-state index in [2.05, 4.69) is 4.98 Å². The third-order valence-electron chi connectivity index (χ3n) is 3.17. The Morgan fingerprint density at radius 1 is 1.50 bits per heavy atom.